The minimum atomic E-state index is -4.21. The molecule has 0 amide bonds. The van der Waals surface area contributed by atoms with Crippen LogP contribution in [0.1, 0.15) is 44.2 Å². The number of benzene rings is 1. The van der Waals surface area contributed by atoms with Gasteiger partial charge < -0.3 is 0 Å². The van der Waals surface area contributed by atoms with Crippen molar-refractivity contribution in [2.45, 2.75) is 45.7 Å². The van der Waals surface area contributed by atoms with Crippen molar-refractivity contribution in [2.24, 2.45) is 5.92 Å². The zero-order valence-electron chi connectivity index (χ0n) is 12.7. The molecule has 2 aliphatic carbocycles. The van der Waals surface area contributed by atoms with Crippen molar-refractivity contribution < 1.29 is 13.2 Å². The molecule has 0 aliphatic heterocycles. The Bertz CT molecular complexity index is 725. The molecule has 2 aliphatic rings. The van der Waals surface area contributed by atoms with Gasteiger partial charge in [0.2, 0.25) is 0 Å². The molecule has 0 spiro atoms. The molecule has 0 saturated carbocycles. The van der Waals surface area contributed by atoms with Gasteiger partial charge in [0.1, 0.15) is 0 Å². The molecule has 1 aromatic heterocycles. The number of alkyl halides is 3. The van der Waals surface area contributed by atoms with E-state index in [0.717, 1.165) is 28.5 Å². The van der Waals surface area contributed by atoms with Crippen molar-refractivity contribution in [3.05, 3.63) is 35.0 Å². The maximum absolute atomic E-state index is 13.3. The first-order valence-electron chi connectivity index (χ1n) is 7.81. The van der Waals surface area contributed by atoms with Gasteiger partial charge in [-0.3, -0.25) is 5.10 Å². The highest BCUT2D eigenvalue weighted by atomic mass is 19.4. The molecule has 1 N–H and O–H groups in total. The highest BCUT2D eigenvalue weighted by Gasteiger charge is 2.43. The van der Waals surface area contributed by atoms with Crippen molar-refractivity contribution >= 4 is 16.5 Å². The van der Waals surface area contributed by atoms with Crippen LogP contribution in [-0.4, -0.2) is 16.4 Å². The topological polar surface area (TPSA) is 28.7 Å². The van der Waals surface area contributed by atoms with E-state index in [4.69, 9.17) is 0 Å². The Balaban J connectivity index is 0.000000693. The predicted molar refractivity (Wildman–Crippen MR) is 81.5 cm³/mol. The van der Waals surface area contributed by atoms with Gasteiger partial charge in [0.25, 0.3) is 0 Å². The maximum atomic E-state index is 13.3. The minimum absolute atomic E-state index is 0.0240. The van der Waals surface area contributed by atoms with Crippen LogP contribution >= 0.6 is 0 Å². The summed E-state index contributed by atoms with van der Waals surface area (Å²) in [7, 11) is 0. The lowest BCUT2D eigenvalue weighted by molar-refractivity contribution is -0.0945. The van der Waals surface area contributed by atoms with E-state index < -0.39 is 6.18 Å². The highest BCUT2D eigenvalue weighted by molar-refractivity contribution is 5.91. The number of halogens is 3. The fourth-order valence-corrected chi connectivity index (χ4v) is 3.73. The van der Waals surface area contributed by atoms with Crippen LogP contribution in [0.15, 0.2) is 23.9 Å². The first kappa shape index (κ1) is 15.1. The molecule has 0 saturated heterocycles. The Morgan fingerprint density at radius 2 is 2.00 bits per heavy atom. The van der Waals surface area contributed by atoms with Gasteiger partial charge in [-0.15, -0.1) is 0 Å². The van der Waals surface area contributed by atoms with E-state index in [2.05, 4.69) is 10.2 Å². The molecular weight excluding hydrogens is 289 g/mol. The summed E-state index contributed by atoms with van der Waals surface area (Å²) >= 11 is 0. The van der Waals surface area contributed by atoms with E-state index in [1.54, 1.807) is 6.20 Å². The quantitative estimate of drug-likeness (QED) is 0.706. The van der Waals surface area contributed by atoms with Crippen LogP contribution in [0, 0.1) is 5.92 Å². The Hall–Kier alpha value is -1.78. The number of nitrogens with zero attached hydrogens (tertiary/aromatic N) is 1. The Kier molecular flexibility index (Phi) is 3.75. The average molecular weight is 308 g/mol. The SMILES string of the molecule is CC.FC(F)(F)C1=C2c3ccc4[nH]ncc4c3CC2CCC1. The molecule has 4 rings (SSSR count). The molecule has 0 bridgehead atoms. The Labute approximate surface area is 127 Å². The van der Waals surface area contributed by atoms with Crippen LogP contribution in [0.5, 0.6) is 0 Å². The highest BCUT2D eigenvalue weighted by Crippen LogP contribution is 2.51. The van der Waals surface area contributed by atoms with E-state index in [-0.39, 0.29) is 17.9 Å². The van der Waals surface area contributed by atoms with Crippen LogP contribution in [0.4, 0.5) is 13.2 Å². The second-order valence-corrected chi connectivity index (χ2v) is 5.61. The van der Waals surface area contributed by atoms with E-state index in [9.17, 15) is 13.2 Å². The van der Waals surface area contributed by atoms with Gasteiger partial charge in [0.15, 0.2) is 0 Å². The molecule has 1 unspecified atom stereocenters. The van der Waals surface area contributed by atoms with E-state index in [1.165, 1.54) is 0 Å². The fourth-order valence-electron chi connectivity index (χ4n) is 3.73. The number of hydrogen-bond acceptors (Lipinski definition) is 1. The summed E-state index contributed by atoms with van der Waals surface area (Å²) in [6.45, 7) is 4.00. The normalized spacial score (nSPS) is 20.5. The summed E-state index contributed by atoms with van der Waals surface area (Å²) in [6, 6.07) is 3.65. The van der Waals surface area contributed by atoms with Crippen LogP contribution in [0.2, 0.25) is 0 Å². The van der Waals surface area contributed by atoms with Gasteiger partial charge in [-0.1, -0.05) is 19.9 Å². The van der Waals surface area contributed by atoms with E-state index in [0.29, 0.717) is 18.4 Å². The molecule has 1 heterocycles. The zero-order chi connectivity index (χ0) is 15.9. The average Bonchev–Trinajstić information content (AvgIpc) is 3.11. The van der Waals surface area contributed by atoms with E-state index in [1.807, 2.05) is 26.0 Å². The third-order valence-electron chi connectivity index (χ3n) is 4.53. The van der Waals surface area contributed by atoms with Gasteiger partial charge in [-0.2, -0.15) is 18.3 Å². The number of aromatic amines is 1. The monoisotopic (exact) mass is 308 g/mol. The summed E-state index contributed by atoms with van der Waals surface area (Å²) in [5.74, 6) is 0.0240. The van der Waals surface area contributed by atoms with E-state index >= 15 is 0 Å². The van der Waals surface area contributed by atoms with Crippen molar-refractivity contribution in [3.8, 4) is 0 Å². The molecule has 1 aromatic carbocycles. The lowest BCUT2D eigenvalue weighted by atomic mass is 9.83. The first-order valence-corrected chi connectivity index (χ1v) is 7.81. The molecule has 2 nitrogen and oxygen atoms in total. The van der Waals surface area contributed by atoms with Gasteiger partial charge in [-0.05, 0) is 54.4 Å². The summed E-state index contributed by atoms with van der Waals surface area (Å²) < 4.78 is 39.8. The lowest BCUT2D eigenvalue weighted by Crippen LogP contribution is -2.19. The molecule has 0 radical (unpaired) electrons. The molecule has 2 aromatic rings. The van der Waals surface area contributed by atoms with Crippen LogP contribution in [0.3, 0.4) is 0 Å². The van der Waals surface area contributed by atoms with Crippen LogP contribution in [-0.2, 0) is 6.42 Å². The maximum Gasteiger partial charge on any atom is 0.412 e. The number of nitrogens with one attached hydrogen (secondary N) is 1. The van der Waals surface area contributed by atoms with Crippen LogP contribution < -0.4 is 0 Å². The summed E-state index contributed by atoms with van der Waals surface area (Å²) in [5, 5.41) is 7.85. The number of rotatable bonds is 0. The Morgan fingerprint density at radius 1 is 1.23 bits per heavy atom. The summed E-state index contributed by atoms with van der Waals surface area (Å²) in [4.78, 5) is 0. The lowest BCUT2D eigenvalue weighted by Gasteiger charge is -2.25. The van der Waals surface area contributed by atoms with Crippen molar-refractivity contribution in [3.63, 3.8) is 0 Å². The molecule has 118 valence electrons. The minimum Gasteiger partial charge on any atom is -0.278 e. The zero-order valence-corrected chi connectivity index (χ0v) is 12.7. The molecule has 1 atom stereocenters. The summed E-state index contributed by atoms with van der Waals surface area (Å²) in [5.41, 5.74) is 2.95. The fraction of sp³-hybridized carbons (Fsp3) is 0.471. The second-order valence-electron chi connectivity index (χ2n) is 5.61. The third-order valence-corrected chi connectivity index (χ3v) is 4.53. The predicted octanol–water partition coefficient (Wildman–Crippen LogP) is 5.26. The number of aromatic nitrogens is 2. The smallest absolute Gasteiger partial charge is 0.278 e. The van der Waals surface area contributed by atoms with Crippen molar-refractivity contribution in [1.29, 1.82) is 0 Å². The molecule has 5 heteroatoms. The molecule has 22 heavy (non-hydrogen) atoms. The van der Waals surface area contributed by atoms with Crippen molar-refractivity contribution in [2.75, 3.05) is 0 Å². The molecule has 0 fully saturated rings. The molecular formula is C17H19F3N2. The number of fused-ring (bicyclic) bond motifs is 5. The van der Waals surface area contributed by atoms with Crippen LogP contribution in [0.25, 0.3) is 16.5 Å². The number of allylic oxidation sites excluding steroid dienone is 2. The standard InChI is InChI=1S/C15H13F3N2.C2H6/c16-15(17,18)12-3-1-2-8-6-10-9(14(8)12)4-5-13-11(10)7-19-20-13;1-2/h4-5,7-8H,1-3,6H2,(H,19,20);1-2H3. The van der Waals surface area contributed by atoms with Gasteiger partial charge in [0, 0.05) is 11.0 Å². The second kappa shape index (κ2) is 5.45. The van der Waals surface area contributed by atoms with Gasteiger partial charge in [0.05, 0.1) is 11.7 Å². The number of H-pyrrole nitrogens is 1. The van der Waals surface area contributed by atoms with Gasteiger partial charge >= 0.3 is 6.18 Å². The Morgan fingerprint density at radius 3 is 2.73 bits per heavy atom. The number of hydrogen-bond donors (Lipinski definition) is 1. The largest absolute Gasteiger partial charge is 0.412 e. The third kappa shape index (κ3) is 2.23. The van der Waals surface area contributed by atoms with Crippen molar-refractivity contribution in [1.82, 2.24) is 10.2 Å². The van der Waals surface area contributed by atoms with Gasteiger partial charge in [-0.25, -0.2) is 0 Å². The first-order chi connectivity index (χ1) is 10.6. The summed E-state index contributed by atoms with van der Waals surface area (Å²) in [6.07, 6.45) is -0.145.